The van der Waals surface area contributed by atoms with Crippen molar-refractivity contribution in [1.82, 2.24) is 9.55 Å². The molecule has 0 radical (unpaired) electrons. The molecule has 0 N–H and O–H groups in total. The molecule has 1 heterocycles. The quantitative estimate of drug-likeness (QED) is 0.404. The number of benzene rings is 3. The second kappa shape index (κ2) is 6.20. The molecule has 1 aromatic heterocycles. The van der Waals surface area contributed by atoms with E-state index in [1.165, 1.54) is 11.6 Å². The van der Waals surface area contributed by atoms with Crippen LogP contribution in [-0.4, -0.2) is 14.5 Å². The van der Waals surface area contributed by atoms with E-state index in [-0.39, 0.29) is 5.69 Å². The minimum Gasteiger partial charge on any atom is -0.326 e. The Morgan fingerprint density at radius 3 is 2.32 bits per heavy atom. The summed E-state index contributed by atoms with van der Waals surface area (Å²) in [5.74, 6) is 0. The molecule has 0 saturated heterocycles. The van der Waals surface area contributed by atoms with E-state index in [0.29, 0.717) is 12.1 Å². The summed E-state index contributed by atoms with van der Waals surface area (Å²) in [5.41, 5.74) is 4.68. The molecular formula is C20H15N3O2. The van der Waals surface area contributed by atoms with Crippen molar-refractivity contribution in [2.75, 3.05) is 0 Å². The van der Waals surface area contributed by atoms with E-state index in [1.807, 2.05) is 28.8 Å². The molecule has 0 aliphatic rings. The molecular weight excluding hydrogens is 314 g/mol. The van der Waals surface area contributed by atoms with Gasteiger partial charge in [-0.25, -0.2) is 4.98 Å². The van der Waals surface area contributed by atoms with Gasteiger partial charge in [-0.2, -0.15) is 0 Å². The lowest BCUT2D eigenvalue weighted by atomic mass is 10.0. The van der Waals surface area contributed by atoms with Crippen molar-refractivity contribution in [3.8, 4) is 11.1 Å². The molecule has 25 heavy (non-hydrogen) atoms. The molecule has 3 aromatic carbocycles. The highest BCUT2D eigenvalue weighted by molar-refractivity contribution is 5.84. The Morgan fingerprint density at radius 1 is 0.880 bits per heavy atom. The van der Waals surface area contributed by atoms with Crippen LogP contribution in [0.2, 0.25) is 0 Å². The molecule has 0 aliphatic carbocycles. The van der Waals surface area contributed by atoms with Crippen LogP contribution in [0.15, 0.2) is 79.1 Å². The lowest BCUT2D eigenvalue weighted by Gasteiger charge is -2.07. The molecule has 0 atom stereocenters. The second-order valence-corrected chi connectivity index (χ2v) is 5.84. The Hall–Kier alpha value is -3.47. The summed E-state index contributed by atoms with van der Waals surface area (Å²) in [4.78, 5) is 14.9. The number of hydrogen-bond acceptors (Lipinski definition) is 3. The van der Waals surface area contributed by atoms with Gasteiger partial charge in [-0.05, 0) is 22.8 Å². The van der Waals surface area contributed by atoms with Crippen molar-refractivity contribution in [3.05, 3.63) is 94.8 Å². The molecule has 4 rings (SSSR count). The van der Waals surface area contributed by atoms with Crippen LogP contribution in [0.5, 0.6) is 0 Å². The second-order valence-electron chi connectivity index (χ2n) is 5.84. The van der Waals surface area contributed by atoms with Crippen molar-refractivity contribution >= 4 is 16.7 Å². The predicted octanol–water partition coefficient (Wildman–Crippen LogP) is 4.66. The summed E-state index contributed by atoms with van der Waals surface area (Å²) >= 11 is 0. The Kier molecular flexibility index (Phi) is 3.74. The number of nitro benzene ring substituents is 1. The van der Waals surface area contributed by atoms with E-state index in [9.17, 15) is 10.1 Å². The van der Waals surface area contributed by atoms with Gasteiger partial charge in [0.1, 0.15) is 0 Å². The summed E-state index contributed by atoms with van der Waals surface area (Å²) < 4.78 is 1.93. The number of fused-ring (bicyclic) bond motifs is 1. The van der Waals surface area contributed by atoms with Crippen LogP contribution >= 0.6 is 0 Å². The Bertz CT molecular complexity index is 1040. The van der Waals surface area contributed by atoms with Gasteiger partial charge in [-0.15, -0.1) is 0 Å². The molecule has 5 nitrogen and oxygen atoms in total. The van der Waals surface area contributed by atoms with Gasteiger partial charge in [0.2, 0.25) is 0 Å². The zero-order chi connectivity index (χ0) is 17.2. The Labute approximate surface area is 144 Å². The monoisotopic (exact) mass is 329 g/mol. The van der Waals surface area contributed by atoms with Gasteiger partial charge in [0.05, 0.1) is 16.8 Å². The normalized spacial score (nSPS) is 10.9. The first kappa shape index (κ1) is 15.1. The third kappa shape index (κ3) is 2.87. The summed E-state index contributed by atoms with van der Waals surface area (Å²) in [6.07, 6.45) is 1.66. The molecule has 0 amide bonds. The third-order valence-corrected chi connectivity index (χ3v) is 4.24. The maximum Gasteiger partial charge on any atom is 0.297 e. The first-order chi connectivity index (χ1) is 12.2. The first-order valence-electron chi connectivity index (χ1n) is 7.95. The Balaban J connectivity index is 1.64. The number of hydrogen-bond donors (Lipinski definition) is 0. The number of para-hydroxylation sites is 1. The summed E-state index contributed by atoms with van der Waals surface area (Å²) in [6, 6.07) is 23.6. The SMILES string of the molecule is O=[N+]([O-])c1cccc2c1ncn2Cc1ccc(-c2ccccc2)cc1. The van der Waals surface area contributed by atoms with Gasteiger partial charge < -0.3 is 4.57 Å². The molecule has 0 unspecified atom stereocenters. The molecule has 0 fully saturated rings. The van der Waals surface area contributed by atoms with Crippen molar-refractivity contribution in [1.29, 1.82) is 0 Å². The van der Waals surface area contributed by atoms with Gasteiger partial charge in [0.15, 0.2) is 5.52 Å². The highest BCUT2D eigenvalue weighted by Gasteiger charge is 2.15. The topological polar surface area (TPSA) is 61.0 Å². The number of aromatic nitrogens is 2. The molecule has 0 aliphatic heterocycles. The van der Waals surface area contributed by atoms with E-state index in [4.69, 9.17) is 0 Å². The summed E-state index contributed by atoms with van der Waals surface area (Å²) in [5, 5.41) is 11.1. The first-order valence-corrected chi connectivity index (χ1v) is 7.95. The number of nitro groups is 1. The van der Waals surface area contributed by atoms with Crippen LogP contribution < -0.4 is 0 Å². The van der Waals surface area contributed by atoms with E-state index in [0.717, 1.165) is 16.6 Å². The average Bonchev–Trinajstić information content (AvgIpc) is 3.06. The number of nitrogens with zero attached hydrogens (tertiary/aromatic N) is 3. The molecule has 122 valence electrons. The fraction of sp³-hybridized carbons (Fsp3) is 0.0500. The zero-order valence-corrected chi connectivity index (χ0v) is 13.4. The minimum absolute atomic E-state index is 0.0377. The van der Waals surface area contributed by atoms with Crippen molar-refractivity contribution in [2.24, 2.45) is 0 Å². The lowest BCUT2D eigenvalue weighted by Crippen LogP contribution is -1.98. The van der Waals surface area contributed by atoms with Crippen LogP contribution in [0.3, 0.4) is 0 Å². The largest absolute Gasteiger partial charge is 0.326 e. The van der Waals surface area contributed by atoms with Crippen molar-refractivity contribution in [3.63, 3.8) is 0 Å². The lowest BCUT2D eigenvalue weighted by molar-refractivity contribution is -0.383. The van der Waals surface area contributed by atoms with Gasteiger partial charge >= 0.3 is 0 Å². The maximum absolute atomic E-state index is 11.1. The number of imidazole rings is 1. The third-order valence-electron chi connectivity index (χ3n) is 4.24. The number of rotatable bonds is 4. The van der Waals surface area contributed by atoms with Crippen molar-refractivity contribution < 1.29 is 4.92 Å². The van der Waals surface area contributed by atoms with Crippen molar-refractivity contribution in [2.45, 2.75) is 6.54 Å². The van der Waals surface area contributed by atoms with Crippen LogP contribution in [0.25, 0.3) is 22.2 Å². The molecule has 0 bridgehead atoms. The van der Waals surface area contributed by atoms with Gasteiger partial charge in [-0.3, -0.25) is 10.1 Å². The molecule has 0 spiro atoms. The fourth-order valence-corrected chi connectivity index (χ4v) is 2.98. The summed E-state index contributed by atoms with van der Waals surface area (Å²) in [6.45, 7) is 0.618. The average molecular weight is 329 g/mol. The minimum atomic E-state index is -0.395. The van der Waals surface area contributed by atoms with Gasteiger partial charge in [-0.1, -0.05) is 60.7 Å². The molecule has 4 aromatic rings. The van der Waals surface area contributed by atoms with Crippen LogP contribution in [0.1, 0.15) is 5.56 Å². The van der Waals surface area contributed by atoms with Gasteiger partial charge in [0, 0.05) is 12.6 Å². The highest BCUT2D eigenvalue weighted by Crippen LogP contribution is 2.25. The highest BCUT2D eigenvalue weighted by atomic mass is 16.6. The van der Waals surface area contributed by atoms with E-state index in [2.05, 4.69) is 41.4 Å². The zero-order valence-electron chi connectivity index (χ0n) is 13.4. The van der Waals surface area contributed by atoms with Crippen LogP contribution in [0.4, 0.5) is 5.69 Å². The molecule has 5 heteroatoms. The smallest absolute Gasteiger partial charge is 0.297 e. The van der Waals surface area contributed by atoms with E-state index < -0.39 is 4.92 Å². The van der Waals surface area contributed by atoms with E-state index >= 15 is 0 Å². The maximum atomic E-state index is 11.1. The Morgan fingerprint density at radius 2 is 1.60 bits per heavy atom. The van der Waals surface area contributed by atoms with E-state index in [1.54, 1.807) is 12.4 Å². The molecule has 0 saturated carbocycles. The van der Waals surface area contributed by atoms with Crippen LogP contribution in [0, 0.1) is 10.1 Å². The predicted molar refractivity (Wildman–Crippen MR) is 97.4 cm³/mol. The van der Waals surface area contributed by atoms with Crippen LogP contribution in [-0.2, 0) is 6.54 Å². The fourth-order valence-electron chi connectivity index (χ4n) is 2.98. The number of non-ortho nitro benzene ring substituents is 1. The van der Waals surface area contributed by atoms with Gasteiger partial charge in [0.25, 0.3) is 5.69 Å². The summed E-state index contributed by atoms with van der Waals surface area (Å²) in [7, 11) is 0. The standard InChI is InChI=1S/C20H15N3O2/c24-23(25)19-8-4-7-18-20(19)21-14-22(18)13-15-9-11-17(12-10-15)16-5-2-1-3-6-16/h1-12,14H,13H2.